The molecule has 80 valence electrons. The van der Waals surface area contributed by atoms with Gasteiger partial charge < -0.3 is 5.32 Å². The zero-order valence-corrected chi connectivity index (χ0v) is 10.0. The van der Waals surface area contributed by atoms with Gasteiger partial charge in [-0.2, -0.15) is 16.9 Å². The minimum atomic E-state index is 0.909. The lowest BCUT2D eigenvalue weighted by molar-refractivity contribution is 0.659. The van der Waals surface area contributed by atoms with Crippen LogP contribution in [-0.4, -0.2) is 28.3 Å². The van der Waals surface area contributed by atoms with Gasteiger partial charge in [0.1, 0.15) is 0 Å². The van der Waals surface area contributed by atoms with E-state index in [2.05, 4.69) is 30.5 Å². The summed E-state index contributed by atoms with van der Waals surface area (Å²) in [5.41, 5.74) is 2.44. The number of aromatic nitrogens is 2. The second-order valence-corrected chi connectivity index (χ2v) is 4.62. The van der Waals surface area contributed by atoms with Crippen LogP contribution in [0.3, 0.4) is 0 Å². The molecule has 0 aliphatic carbocycles. The van der Waals surface area contributed by atoms with E-state index in [-0.39, 0.29) is 0 Å². The van der Waals surface area contributed by atoms with E-state index < -0.39 is 0 Å². The number of aryl methyl sites for hydroxylation is 2. The molecule has 0 aliphatic rings. The molecule has 0 amide bonds. The van der Waals surface area contributed by atoms with Crippen LogP contribution in [0.15, 0.2) is 6.20 Å². The fourth-order valence-corrected chi connectivity index (χ4v) is 1.94. The molecule has 0 atom stereocenters. The first-order chi connectivity index (χ1) is 6.77. The number of rotatable bonds is 6. The maximum Gasteiger partial charge on any atom is 0.0638 e. The first-order valence-corrected chi connectivity index (χ1v) is 6.18. The third kappa shape index (κ3) is 3.35. The second-order valence-electron chi connectivity index (χ2n) is 3.23. The Balaban J connectivity index is 2.48. The van der Waals surface area contributed by atoms with Crippen molar-refractivity contribution in [1.29, 1.82) is 0 Å². The number of thioether (sulfide) groups is 1. The summed E-state index contributed by atoms with van der Waals surface area (Å²) in [4.78, 5) is 0. The van der Waals surface area contributed by atoms with Gasteiger partial charge in [-0.15, -0.1) is 0 Å². The van der Waals surface area contributed by atoms with Crippen LogP contribution in [0.2, 0.25) is 0 Å². The number of nitrogens with one attached hydrogen (secondary N) is 1. The van der Waals surface area contributed by atoms with Crippen molar-refractivity contribution in [1.82, 2.24) is 15.1 Å². The maximum atomic E-state index is 4.46. The minimum absolute atomic E-state index is 0.909. The van der Waals surface area contributed by atoms with Crippen LogP contribution in [0.4, 0.5) is 0 Å². The molecular weight excluding hydrogens is 194 g/mol. The smallest absolute Gasteiger partial charge is 0.0638 e. The van der Waals surface area contributed by atoms with E-state index in [0.717, 1.165) is 24.5 Å². The van der Waals surface area contributed by atoms with Crippen LogP contribution in [-0.2, 0) is 13.1 Å². The predicted molar refractivity (Wildman–Crippen MR) is 62.7 cm³/mol. The Bertz CT molecular complexity index is 270. The van der Waals surface area contributed by atoms with E-state index >= 15 is 0 Å². The summed E-state index contributed by atoms with van der Waals surface area (Å²) in [6, 6.07) is 0. The van der Waals surface area contributed by atoms with Crippen molar-refractivity contribution >= 4 is 11.8 Å². The normalized spacial score (nSPS) is 10.8. The van der Waals surface area contributed by atoms with E-state index in [1.54, 1.807) is 0 Å². The molecule has 1 N–H and O–H groups in total. The molecule has 0 unspecified atom stereocenters. The van der Waals surface area contributed by atoms with Gasteiger partial charge in [-0.1, -0.05) is 6.92 Å². The van der Waals surface area contributed by atoms with Crippen molar-refractivity contribution in [2.75, 3.05) is 18.6 Å². The van der Waals surface area contributed by atoms with Crippen molar-refractivity contribution in [3.63, 3.8) is 0 Å². The predicted octanol–water partition coefficient (Wildman–Crippen LogP) is 1.66. The molecule has 0 fully saturated rings. The average Bonchev–Trinajstić information content (AvgIpc) is 2.49. The highest BCUT2D eigenvalue weighted by Gasteiger charge is 2.02. The van der Waals surface area contributed by atoms with Crippen molar-refractivity contribution in [2.45, 2.75) is 26.9 Å². The third-order valence-electron chi connectivity index (χ3n) is 2.08. The molecule has 4 heteroatoms. The summed E-state index contributed by atoms with van der Waals surface area (Å²) in [6.07, 6.45) is 2.14. The summed E-state index contributed by atoms with van der Waals surface area (Å²) < 4.78 is 2.05. The summed E-state index contributed by atoms with van der Waals surface area (Å²) in [6.45, 7) is 6.18. The number of nitrogens with zero attached hydrogens (tertiary/aromatic N) is 2. The van der Waals surface area contributed by atoms with Gasteiger partial charge in [0.25, 0.3) is 0 Å². The second kappa shape index (κ2) is 6.09. The first-order valence-electron chi connectivity index (χ1n) is 5.03. The van der Waals surface area contributed by atoms with Crippen LogP contribution >= 0.6 is 11.8 Å². The Morgan fingerprint density at radius 3 is 3.00 bits per heavy atom. The Morgan fingerprint density at radius 1 is 1.57 bits per heavy atom. The molecule has 1 rings (SSSR count). The van der Waals surface area contributed by atoms with Gasteiger partial charge in [0, 0.05) is 30.6 Å². The van der Waals surface area contributed by atoms with Crippen molar-refractivity contribution in [3.8, 4) is 0 Å². The Morgan fingerprint density at radius 2 is 2.36 bits per heavy atom. The molecule has 0 saturated carbocycles. The molecular formula is C10H19N3S. The molecule has 1 heterocycles. The Labute approximate surface area is 90.3 Å². The quantitative estimate of drug-likeness (QED) is 0.729. The SMILES string of the molecule is CCSCCn1cc(CNC)c(C)n1. The summed E-state index contributed by atoms with van der Waals surface area (Å²) in [7, 11) is 1.96. The van der Waals surface area contributed by atoms with Gasteiger partial charge >= 0.3 is 0 Å². The lowest BCUT2D eigenvalue weighted by Gasteiger charge is -1.98. The standard InChI is InChI=1S/C10H19N3S/c1-4-14-6-5-13-8-10(7-11-3)9(2)12-13/h8,11H,4-7H2,1-3H3. The highest BCUT2D eigenvalue weighted by molar-refractivity contribution is 7.99. The van der Waals surface area contributed by atoms with Gasteiger partial charge in [0.2, 0.25) is 0 Å². The minimum Gasteiger partial charge on any atom is -0.316 e. The van der Waals surface area contributed by atoms with E-state index in [9.17, 15) is 0 Å². The van der Waals surface area contributed by atoms with Crippen LogP contribution < -0.4 is 5.32 Å². The number of hydrogen-bond acceptors (Lipinski definition) is 3. The molecule has 1 aromatic heterocycles. The monoisotopic (exact) mass is 213 g/mol. The van der Waals surface area contributed by atoms with E-state index in [1.165, 1.54) is 11.3 Å². The third-order valence-corrected chi connectivity index (χ3v) is 2.96. The molecule has 0 aliphatic heterocycles. The topological polar surface area (TPSA) is 29.9 Å². The van der Waals surface area contributed by atoms with Crippen LogP contribution in [0.1, 0.15) is 18.2 Å². The van der Waals surface area contributed by atoms with Crippen LogP contribution in [0, 0.1) is 6.92 Å². The van der Waals surface area contributed by atoms with Crippen molar-refractivity contribution in [3.05, 3.63) is 17.5 Å². The largest absolute Gasteiger partial charge is 0.316 e. The summed E-state index contributed by atoms with van der Waals surface area (Å²) in [5, 5.41) is 7.61. The summed E-state index contributed by atoms with van der Waals surface area (Å²) >= 11 is 1.95. The van der Waals surface area contributed by atoms with Crippen LogP contribution in [0.25, 0.3) is 0 Å². The molecule has 1 aromatic rings. The Hall–Kier alpha value is -0.480. The molecule has 3 nitrogen and oxygen atoms in total. The van der Waals surface area contributed by atoms with Gasteiger partial charge in [0.05, 0.1) is 5.69 Å². The molecule has 0 saturated heterocycles. The van der Waals surface area contributed by atoms with E-state index in [1.807, 2.05) is 23.5 Å². The van der Waals surface area contributed by atoms with Crippen molar-refractivity contribution < 1.29 is 0 Å². The lowest BCUT2D eigenvalue weighted by atomic mass is 10.3. The van der Waals surface area contributed by atoms with Crippen molar-refractivity contribution in [2.24, 2.45) is 0 Å². The zero-order valence-electron chi connectivity index (χ0n) is 9.21. The Kier molecular flexibility index (Phi) is 5.04. The lowest BCUT2D eigenvalue weighted by Crippen LogP contribution is -2.05. The zero-order chi connectivity index (χ0) is 10.4. The van der Waals surface area contributed by atoms with E-state index in [0.29, 0.717) is 0 Å². The number of hydrogen-bond donors (Lipinski definition) is 1. The van der Waals surface area contributed by atoms with Gasteiger partial charge in [-0.25, -0.2) is 0 Å². The van der Waals surface area contributed by atoms with Crippen LogP contribution in [0.5, 0.6) is 0 Å². The van der Waals surface area contributed by atoms with Gasteiger partial charge in [0.15, 0.2) is 0 Å². The molecule has 0 radical (unpaired) electrons. The van der Waals surface area contributed by atoms with Gasteiger partial charge in [-0.05, 0) is 19.7 Å². The average molecular weight is 213 g/mol. The fourth-order valence-electron chi connectivity index (χ4n) is 1.34. The van der Waals surface area contributed by atoms with Gasteiger partial charge in [-0.3, -0.25) is 4.68 Å². The molecule has 0 bridgehead atoms. The molecule has 14 heavy (non-hydrogen) atoms. The highest BCUT2D eigenvalue weighted by Crippen LogP contribution is 2.06. The maximum absolute atomic E-state index is 4.46. The molecule has 0 spiro atoms. The van der Waals surface area contributed by atoms with E-state index in [4.69, 9.17) is 0 Å². The summed E-state index contributed by atoms with van der Waals surface area (Å²) in [5.74, 6) is 2.33. The highest BCUT2D eigenvalue weighted by atomic mass is 32.2. The first kappa shape index (κ1) is 11.6. The molecule has 0 aromatic carbocycles. The fraction of sp³-hybridized carbons (Fsp3) is 0.700.